The molecular weight excluding hydrogens is 430 g/mol. The number of nitrogens with one attached hydrogen (secondary N) is 1. The molecule has 1 aromatic carbocycles. The average Bonchev–Trinajstić information content (AvgIpc) is 3.27. The second-order valence-electron chi connectivity index (χ2n) is 8.97. The second-order valence-corrected chi connectivity index (χ2v) is 9.38. The number of unbranched alkanes of at least 4 members (excludes halogenated alkanes) is 4. The van der Waals surface area contributed by atoms with Gasteiger partial charge < -0.3 is 20.9 Å². The van der Waals surface area contributed by atoms with Gasteiger partial charge in [0.2, 0.25) is 0 Å². The van der Waals surface area contributed by atoms with Crippen LogP contribution in [0.15, 0.2) is 6.07 Å². The molecule has 2 aliphatic heterocycles. The molecule has 2 heterocycles. The van der Waals surface area contributed by atoms with Crippen LogP contribution in [0.4, 0.5) is 5.69 Å². The van der Waals surface area contributed by atoms with Gasteiger partial charge in [-0.15, -0.1) is 0 Å². The van der Waals surface area contributed by atoms with Crippen molar-refractivity contribution in [1.29, 1.82) is 0 Å². The number of halogens is 1. The van der Waals surface area contributed by atoms with E-state index in [1.165, 1.54) is 19.3 Å². The largest absolute Gasteiger partial charge is 0.492 e. The predicted octanol–water partition coefficient (Wildman–Crippen LogP) is 4.11. The number of hydrogen-bond donors (Lipinski definition) is 3. The maximum Gasteiger partial charge on any atom is 0.320 e. The third-order valence-electron chi connectivity index (χ3n) is 6.72. The van der Waals surface area contributed by atoms with Crippen LogP contribution in [0.25, 0.3) is 0 Å². The van der Waals surface area contributed by atoms with Crippen LogP contribution in [0.1, 0.15) is 74.2 Å². The number of carbonyl (C=O) groups excluding carboxylic acids is 1. The van der Waals surface area contributed by atoms with Gasteiger partial charge in [-0.25, -0.2) is 0 Å². The zero-order valence-electron chi connectivity index (χ0n) is 19.0. The number of nitrogens with zero attached hydrogens (tertiary/aromatic N) is 1. The topological polar surface area (TPSA) is 105 Å². The van der Waals surface area contributed by atoms with Crippen LogP contribution < -0.4 is 15.8 Å². The van der Waals surface area contributed by atoms with Gasteiger partial charge >= 0.3 is 5.97 Å². The number of nitrogen functional groups attached to an aromatic ring is 1. The van der Waals surface area contributed by atoms with Crippen molar-refractivity contribution in [1.82, 2.24) is 10.2 Å². The van der Waals surface area contributed by atoms with Gasteiger partial charge in [0.1, 0.15) is 11.8 Å². The molecule has 8 heteroatoms. The van der Waals surface area contributed by atoms with Gasteiger partial charge in [0.15, 0.2) is 0 Å². The molecule has 178 valence electrons. The number of carboxylic acid groups (broad SMARTS) is 1. The lowest BCUT2D eigenvalue weighted by atomic mass is 9.94. The monoisotopic (exact) mass is 465 g/mol. The van der Waals surface area contributed by atoms with Crippen molar-refractivity contribution in [2.24, 2.45) is 5.92 Å². The molecule has 7 nitrogen and oxygen atoms in total. The first-order chi connectivity index (χ1) is 15.4. The molecule has 0 aliphatic carbocycles. The molecule has 0 radical (unpaired) electrons. The molecule has 1 saturated heterocycles. The Labute approximate surface area is 195 Å². The Balaban J connectivity index is 1.47. The van der Waals surface area contributed by atoms with E-state index in [2.05, 4.69) is 17.1 Å². The maximum atomic E-state index is 12.8. The molecule has 1 aromatic rings. The number of carbonyl (C=O) groups is 2. The number of ether oxygens (including phenoxy) is 1. The fourth-order valence-electron chi connectivity index (χ4n) is 4.74. The molecule has 0 bridgehead atoms. The van der Waals surface area contributed by atoms with Gasteiger partial charge in [0.05, 0.1) is 22.9 Å². The van der Waals surface area contributed by atoms with Crippen LogP contribution >= 0.6 is 11.6 Å². The number of fused-ring (bicyclic) bond motifs is 1. The summed E-state index contributed by atoms with van der Waals surface area (Å²) in [5.41, 5.74) is 7.75. The van der Waals surface area contributed by atoms with Gasteiger partial charge in [0.25, 0.3) is 5.91 Å². The minimum Gasteiger partial charge on any atom is -0.492 e. The second kappa shape index (κ2) is 11.8. The lowest BCUT2D eigenvalue weighted by molar-refractivity contribution is -0.144. The van der Waals surface area contributed by atoms with Crippen LogP contribution in [-0.2, 0) is 11.2 Å². The summed E-state index contributed by atoms with van der Waals surface area (Å²) in [5.74, 6) is -0.0563. The molecule has 32 heavy (non-hydrogen) atoms. The first-order valence-corrected chi connectivity index (χ1v) is 12.3. The highest BCUT2D eigenvalue weighted by molar-refractivity contribution is 6.33. The maximum absolute atomic E-state index is 12.8. The van der Waals surface area contributed by atoms with E-state index in [1.807, 2.05) is 0 Å². The molecule has 1 atom stereocenters. The summed E-state index contributed by atoms with van der Waals surface area (Å²) in [4.78, 5) is 26.7. The molecule has 0 spiro atoms. The van der Waals surface area contributed by atoms with Crippen molar-refractivity contribution in [2.75, 3.05) is 32.0 Å². The van der Waals surface area contributed by atoms with Gasteiger partial charge in [-0.2, -0.15) is 0 Å². The number of hydrogen-bond acceptors (Lipinski definition) is 5. The number of aliphatic carboxylic acids is 1. The van der Waals surface area contributed by atoms with Crippen molar-refractivity contribution in [3.05, 3.63) is 22.2 Å². The Kier molecular flexibility index (Phi) is 9.05. The average molecular weight is 466 g/mol. The standard InChI is InChI=1S/C24H36ClN3O4/c1-2-3-4-5-6-7-20(24(30)31)28-11-8-16(9-12-28)15-27-23(29)18-14-19(25)21(26)17-10-13-32-22(17)18/h14,16,20H,2-13,15,26H2,1H3,(H,27,29)(H,30,31). The molecule has 0 aromatic heterocycles. The molecule has 4 N–H and O–H groups in total. The van der Waals surface area contributed by atoms with Gasteiger partial charge in [-0.3, -0.25) is 14.5 Å². The Morgan fingerprint density at radius 2 is 2.00 bits per heavy atom. The summed E-state index contributed by atoms with van der Waals surface area (Å²) in [7, 11) is 0. The van der Waals surface area contributed by atoms with E-state index < -0.39 is 12.0 Å². The smallest absolute Gasteiger partial charge is 0.320 e. The Hall–Kier alpha value is -1.99. The van der Waals surface area contributed by atoms with Gasteiger partial charge in [-0.1, -0.05) is 50.6 Å². The number of benzene rings is 1. The summed E-state index contributed by atoms with van der Waals surface area (Å²) in [6, 6.07) is 1.18. The van der Waals surface area contributed by atoms with E-state index >= 15 is 0 Å². The number of piperidine rings is 1. The van der Waals surface area contributed by atoms with Crippen molar-refractivity contribution < 1.29 is 19.4 Å². The summed E-state index contributed by atoms with van der Waals surface area (Å²) < 4.78 is 5.63. The summed E-state index contributed by atoms with van der Waals surface area (Å²) in [6.45, 7) is 4.73. The molecule has 1 fully saturated rings. The van der Waals surface area contributed by atoms with Crippen LogP contribution in [0.2, 0.25) is 5.02 Å². The lowest BCUT2D eigenvalue weighted by Gasteiger charge is -2.35. The minimum absolute atomic E-state index is 0.206. The van der Waals surface area contributed by atoms with E-state index in [9.17, 15) is 14.7 Å². The number of anilines is 1. The Morgan fingerprint density at radius 3 is 2.69 bits per heavy atom. The summed E-state index contributed by atoms with van der Waals surface area (Å²) >= 11 is 6.21. The number of nitrogens with two attached hydrogens (primary N) is 1. The van der Waals surface area contributed by atoms with Crippen LogP contribution in [0.3, 0.4) is 0 Å². The number of rotatable bonds is 11. The molecule has 0 saturated carbocycles. The molecule has 1 amide bonds. The van der Waals surface area contributed by atoms with Crippen molar-refractivity contribution in [2.45, 2.75) is 70.8 Å². The van der Waals surface area contributed by atoms with E-state index in [1.54, 1.807) is 6.07 Å². The first-order valence-electron chi connectivity index (χ1n) is 11.9. The third-order valence-corrected chi connectivity index (χ3v) is 7.04. The van der Waals surface area contributed by atoms with Crippen molar-refractivity contribution in [3.63, 3.8) is 0 Å². The Morgan fingerprint density at radius 1 is 1.28 bits per heavy atom. The quantitative estimate of drug-likeness (QED) is 0.335. The summed E-state index contributed by atoms with van der Waals surface area (Å²) in [6.07, 6.45) is 8.76. The van der Waals surface area contributed by atoms with Crippen LogP contribution in [-0.4, -0.2) is 54.2 Å². The highest BCUT2D eigenvalue weighted by Gasteiger charge is 2.30. The van der Waals surface area contributed by atoms with E-state index in [4.69, 9.17) is 22.1 Å². The highest BCUT2D eigenvalue weighted by Crippen LogP contribution is 2.38. The molecular formula is C24H36ClN3O4. The summed E-state index contributed by atoms with van der Waals surface area (Å²) in [5, 5.41) is 13.1. The number of amides is 1. The van der Waals surface area contributed by atoms with Gasteiger partial charge in [0, 0.05) is 18.5 Å². The van der Waals surface area contributed by atoms with E-state index in [0.717, 1.165) is 44.3 Å². The van der Waals surface area contributed by atoms with E-state index in [0.29, 0.717) is 53.9 Å². The zero-order chi connectivity index (χ0) is 23.1. The van der Waals surface area contributed by atoms with Crippen LogP contribution in [0.5, 0.6) is 5.75 Å². The predicted molar refractivity (Wildman–Crippen MR) is 126 cm³/mol. The number of carboxylic acids is 1. The first kappa shape index (κ1) is 24.6. The van der Waals surface area contributed by atoms with Crippen molar-refractivity contribution >= 4 is 29.2 Å². The fourth-order valence-corrected chi connectivity index (χ4v) is 4.96. The fraction of sp³-hybridized carbons (Fsp3) is 0.667. The molecule has 1 unspecified atom stereocenters. The normalized spacial score (nSPS) is 17.6. The lowest BCUT2D eigenvalue weighted by Crippen LogP contribution is -2.47. The third kappa shape index (κ3) is 6.07. The van der Waals surface area contributed by atoms with Crippen LogP contribution in [0, 0.1) is 5.92 Å². The Bertz CT molecular complexity index is 809. The van der Waals surface area contributed by atoms with Gasteiger partial charge in [-0.05, 0) is 44.3 Å². The number of likely N-dealkylation sites (tertiary alicyclic amines) is 1. The highest BCUT2D eigenvalue weighted by atomic mass is 35.5. The van der Waals surface area contributed by atoms with E-state index in [-0.39, 0.29) is 5.91 Å². The zero-order valence-corrected chi connectivity index (χ0v) is 19.8. The molecule has 2 aliphatic rings. The SMILES string of the molecule is CCCCCCCC(C(=O)O)N1CCC(CNC(=O)c2cc(Cl)c(N)c3c2OCC3)CC1. The minimum atomic E-state index is -0.721. The van der Waals surface area contributed by atoms with Crippen molar-refractivity contribution in [3.8, 4) is 5.75 Å². The molecule has 3 rings (SSSR count).